The van der Waals surface area contributed by atoms with Crippen molar-refractivity contribution in [1.82, 2.24) is 14.5 Å². The Morgan fingerprint density at radius 2 is 1.81 bits per heavy atom. The van der Waals surface area contributed by atoms with Crippen LogP contribution in [0.1, 0.15) is 49.3 Å². The van der Waals surface area contributed by atoms with Crippen molar-refractivity contribution in [2.24, 2.45) is 4.99 Å². The maximum Gasteiger partial charge on any atom is 0.266 e. The molecule has 1 saturated heterocycles. The molecule has 6 rings (SSSR count). The zero-order chi connectivity index (χ0) is 24.3. The number of hydrogen-bond donors (Lipinski definition) is 1. The van der Waals surface area contributed by atoms with Crippen molar-refractivity contribution in [3.63, 3.8) is 0 Å². The number of H-pyrrole nitrogens is 1. The van der Waals surface area contributed by atoms with Crippen LogP contribution in [0, 0.1) is 0 Å². The molecular formula is C30H30N4OS. The van der Waals surface area contributed by atoms with Crippen LogP contribution in [0.5, 0.6) is 0 Å². The number of para-hydroxylation sites is 2. The molecule has 0 atom stereocenters. The van der Waals surface area contributed by atoms with Gasteiger partial charge in [-0.2, -0.15) is 0 Å². The third kappa shape index (κ3) is 4.78. The van der Waals surface area contributed by atoms with Crippen molar-refractivity contribution in [3.8, 4) is 0 Å². The molecule has 0 spiro atoms. The Kier molecular flexibility index (Phi) is 6.51. The fraction of sp³-hybridized carbons (Fsp3) is 0.267. The minimum absolute atomic E-state index is 0.0277. The molecule has 1 aliphatic heterocycles. The Hall–Kier alpha value is -3.51. The van der Waals surface area contributed by atoms with Gasteiger partial charge < -0.3 is 9.55 Å². The van der Waals surface area contributed by atoms with E-state index in [-0.39, 0.29) is 5.91 Å². The largest absolute Gasteiger partial charge is 0.361 e. The van der Waals surface area contributed by atoms with Crippen molar-refractivity contribution in [2.45, 2.75) is 44.6 Å². The summed E-state index contributed by atoms with van der Waals surface area (Å²) in [7, 11) is 0. The van der Waals surface area contributed by atoms with Crippen LogP contribution in [0.3, 0.4) is 0 Å². The summed E-state index contributed by atoms with van der Waals surface area (Å²) in [4.78, 5) is 24.3. The number of amidine groups is 1. The minimum atomic E-state index is 0.0277. The summed E-state index contributed by atoms with van der Waals surface area (Å²) in [5.41, 5.74) is 4.27. The van der Waals surface area contributed by atoms with E-state index in [1.165, 1.54) is 54.8 Å². The summed E-state index contributed by atoms with van der Waals surface area (Å²) >= 11 is 1.47. The van der Waals surface area contributed by atoms with Crippen LogP contribution in [0.4, 0.5) is 5.69 Å². The van der Waals surface area contributed by atoms with Gasteiger partial charge in [-0.1, -0.05) is 55.7 Å². The van der Waals surface area contributed by atoms with Gasteiger partial charge in [-0.3, -0.25) is 9.69 Å². The molecule has 5 nitrogen and oxygen atoms in total. The molecule has 0 unspecified atom stereocenters. The lowest BCUT2D eigenvalue weighted by Crippen LogP contribution is -2.31. The van der Waals surface area contributed by atoms with Gasteiger partial charge in [0.2, 0.25) is 0 Å². The number of aromatic amines is 1. The Morgan fingerprint density at radius 1 is 1.00 bits per heavy atom. The Bertz CT molecular complexity index is 1430. The molecule has 36 heavy (non-hydrogen) atoms. The third-order valence-corrected chi connectivity index (χ3v) is 8.19. The molecule has 182 valence electrons. The number of amides is 1. The number of benzene rings is 2. The normalized spacial score (nSPS) is 19.2. The first kappa shape index (κ1) is 22.9. The Balaban J connectivity index is 1.26. The van der Waals surface area contributed by atoms with Crippen LogP contribution in [0.15, 0.2) is 89.2 Å². The van der Waals surface area contributed by atoms with Gasteiger partial charge in [0.15, 0.2) is 5.17 Å². The summed E-state index contributed by atoms with van der Waals surface area (Å²) < 4.78 is 2.34. The maximum atomic E-state index is 13.6. The van der Waals surface area contributed by atoms with E-state index in [4.69, 9.17) is 4.99 Å². The number of fused-ring (bicyclic) bond motifs is 1. The van der Waals surface area contributed by atoms with Gasteiger partial charge in [0, 0.05) is 42.1 Å². The van der Waals surface area contributed by atoms with Crippen LogP contribution in [-0.4, -0.2) is 32.1 Å². The van der Waals surface area contributed by atoms with Crippen molar-refractivity contribution >= 4 is 45.5 Å². The molecule has 6 heteroatoms. The first-order chi connectivity index (χ1) is 17.7. The summed E-state index contributed by atoms with van der Waals surface area (Å²) in [5.74, 6) is 0.0277. The summed E-state index contributed by atoms with van der Waals surface area (Å²) in [6.45, 7) is 0.583. The average Bonchev–Trinajstić information content (AvgIpc) is 3.63. The molecule has 2 fully saturated rings. The predicted octanol–water partition coefficient (Wildman–Crippen LogP) is 7.32. The Morgan fingerprint density at radius 3 is 2.67 bits per heavy atom. The second-order valence-corrected chi connectivity index (χ2v) is 10.6. The number of thioether (sulfide) groups is 1. The SMILES string of the molecule is O=C1/C(=C\c2ccn(C3CCCCC3)c2)SC(=Nc2ccccc2)N1CCc1c[nH]c2ccccc12. The van der Waals surface area contributed by atoms with Crippen LogP contribution in [-0.2, 0) is 11.2 Å². The lowest BCUT2D eigenvalue weighted by Gasteiger charge is -2.23. The van der Waals surface area contributed by atoms with Gasteiger partial charge in [0.1, 0.15) is 0 Å². The van der Waals surface area contributed by atoms with Gasteiger partial charge in [0.25, 0.3) is 5.91 Å². The standard InChI is InChI=1S/C30H30N4OS/c35-29-28(19-22-15-17-33(21-22)25-11-5-2-6-12-25)36-30(32-24-9-3-1-4-10-24)34(29)18-16-23-20-31-27-14-8-7-13-26(23)27/h1,3-4,7-10,13-15,17,19-21,25,31H,2,5-6,11-12,16,18H2/b28-19+,32-30?. The topological polar surface area (TPSA) is 53.4 Å². The van der Waals surface area contributed by atoms with E-state index < -0.39 is 0 Å². The van der Waals surface area contributed by atoms with E-state index in [2.05, 4.69) is 52.4 Å². The summed E-state index contributed by atoms with van der Waals surface area (Å²) in [6.07, 6.45) is 15.6. The predicted molar refractivity (Wildman–Crippen MR) is 149 cm³/mol. The summed E-state index contributed by atoms with van der Waals surface area (Å²) in [6, 6.07) is 20.9. The van der Waals surface area contributed by atoms with Crippen molar-refractivity contribution < 1.29 is 4.79 Å². The highest BCUT2D eigenvalue weighted by Gasteiger charge is 2.33. The molecular weight excluding hydrogens is 464 g/mol. The molecule has 0 radical (unpaired) electrons. The lowest BCUT2D eigenvalue weighted by molar-refractivity contribution is -0.122. The van der Waals surface area contributed by atoms with E-state index in [0.29, 0.717) is 12.6 Å². The van der Waals surface area contributed by atoms with E-state index >= 15 is 0 Å². The number of nitrogens with one attached hydrogen (secondary N) is 1. The number of rotatable bonds is 6. The van der Waals surface area contributed by atoms with Crippen LogP contribution in [0.2, 0.25) is 0 Å². The fourth-order valence-electron chi connectivity index (χ4n) is 5.25. The molecule has 1 amide bonds. The molecule has 1 N–H and O–H groups in total. The molecule has 3 heterocycles. The van der Waals surface area contributed by atoms with Crippen LogP contribution < -0.4 is 0 Å². The van der Waals surface area contributed by atoms with Crippen molar-refractivity contribution in [2.75, 3.05) is 6.54 Å². The smallest absolute Gasteiger partial charge is 0.266 e. The first-order valence-corrected chi connectivity index (χ1v) is 13.6. The van der Waals surface area contributed by atoms with Gasteiger partial charge in [-0.15, -0.1) is 0 Å². The highest BCUT2D eigenvalue weighted by molar-refractivity contribution is 8.18. The van der Waals surface area contributed by atoms with Gasteiger partial charge in [0.05, 0.1) is 10.6 Å². The van der Waals surface area contributed by atoms with Gasteiger partial charge in [-0.25, -0.2) is 4.99 Å². The highest BCUT2D eigenvalue weighted by Crippen LogP contribution is 2.35. The zero-order valence-electron chi connectivity index (χ0n) is 20.3. The highest BCUT2D eigenvalue weighted by atomic mass is 32.2. The minimum Gasteiger partial charge on any atom is -0.361 e. The number of aliphatic imine (C=N–C) groups is 1. The average molecular weight is 495 g/mol. The van der Waals surface area contributed by atoms with E-state index in [1.54, 1.807) is 0 Å². The molecule has 1 saturated carbocycles. The fourth-order valence-corrected chi connectivity index (χ4v) is 6.27. The number of carbonyl (C=O) groups excluding carboxylic acids is 1. The summed E-state index contributed by atoms with van der Waals surface area (Å²) in [5, 5.41) is 1.95. The first-order valence-electron chi connectivity index (χ1n) is 12.8. The zero-order valence-corrected chi connectivity index (χ0v) is 21.1. The molecule has 1 aliphatic carbocycles. The lowest BCUT2D eigenvalue weighted by atomic mass is 9.95. The quantitative estimate of drug-likeness (QED) is 0.286. The number of aromatic nitrogens is 2. The second kappa shape index (κ2) is 10.2. The maximum absolute atomic E-state index is 13.6. The number of hydrogen-bond acceptors (Lipinski definition) is 3. The monoisotopic (exact) mass is 494 g/mol. The molecule has 2 aliphatic rings. The van der Waals surface area contributed by atoms with Crippen LogP contribution >= 0.6 is 11.8 Å². The molecule has 4 aromatic rings. The third-order valence-electron chi connectivity index (χ3n) is 7.18. The van der Waals surface area contributed by atoms with Gasteiger partial charge in [-0.05, 0) is 72.5 Å². The van der Waals surface area contributed by atoms with E-state index in [9.17, 15) is 4.79 Å². The van der Waals surface area contributed by atoms with Crippen LogP contribution in [0.25, 0.3) is 17.0 Å². The van der Waals surface area contributed by atoms with Crippen molar-refractivity contribution in [1.29, 1.82) is 0 Å². The molecule has 2 aromatic heterocycles. The van der Waals surface area contributed by atoms with E-state index in [1.807, 2.05) is 47.4 Å². The number of carbonyl (C=O) groups is 1. The van der Waals surface area contributed by atoms with E-state index in [0.717, 1.165) is 33.3 Å². The van der Waals surface area contributed by atoms with Crippen molar-refractivity contribution in [3.05, 3.63) is 95.3 Å². The Labute approximate surface area is 215 Å². The number of nitrogens with zero attached hydrogens (tertiary/aromatic N) is 3. The molecule has 2 aromatic carbocycles. The second-order valence-electron chi connectivity index (χ2n) is 9.59. The van der Waals surface area contributed by atoms with Gasteiger partial charge >= 0.3 is 0 Å². The molecule has 0 bridgehead atoms.